The molecule has 9 rings (SSSR count). The van der Waals surface area contributed by atoms with Crippen molar-refractivity contribution >= 4 is 59.3 Å². The van der Waals surface area contributed by atoms with E-state index in [-0.39, 0.29) is 5.41 Å². The fraction of sp³-hybridized carbons (Fsp3) is 0.0698. The summed E-state index contributed by atoms with van der Waals surface area (Å²) in [4.78, 5) is 2.44. The first-order valence-corrected chi connectivity index (χ1v) is 16.4. The third-order valence-electron chi connectivity index (χ3n) is 9.63. The highest BCUT2D eigenvalue weighted by Crippen LogP contribution is 2.50. The zero-order valence-electron chi connectivity index (χ0n) is 25.3. The predicted molar refractivity (Wildman–Crippen MR) is 195 cm³/mol. The molecule has 0 spiro atoms. The van der Waals surface area contributed by atoms with Crippen LogP contribution in [-0.2, 0) is 5.41 Å². The molecule has 45 heavy (non-hydrogen) atoms. The van der Waals surface area contributed by atoms with E-state index in [4.69, 9.17) is 0 Å². The molecule has 0 N–H and O–H groups in total. The SMILES string of the molecule is CC1(C)c2ccccc2-c2cc3cc(N(c4ccc5c(c4)sc4ccccc45)c4ccccc4-c4ccccc4)ccc3cc21. The second-order valence-electron chi connectivity index (χ2n) is 12.6. The Balaban J connectivity index is 1.28. The monoisotopic (exact) mass is 593 g/mol. The van der Waals surface area contributed by atoms with Crippen molar-refractivity contribution in [3.8, 4) is 22.3 Å². The predicted octanol–water partition coefficient (Wildman–Crippen LogP) is 12.7. The third-order valence-corrected chi connectivity index (χ3v) is 10.8. The Morgan fingerprint density at radius 1 is 0.467 bits per heavy atom. The topological polar surface area (TPSA) is 3.24 Å². The summed E-state index contributed by atoms with van der Waals surface area (Å²) in [5, 5.41) is 5.16. The molecule has 0 bridgehead atoms. The number of nitrogens with zero attached hydrogens (tertiary/aromatic N) is 1. The molecule has 0 saturated heterocycles. The van der Waals surface area contributed by atoms with E-state index < -0.39 is 0 Å². The van der Waals surface area contributed by atoms with Crippen molar-refractivity contribution in [1.29, 1.82) is 0 Å². The lowest BCUT2D eigenvalue weighted by atomic mass is 9.82. The van der Waals surface area contributed by atoms with Gasteiger partial charge in [-0.15, -0.1) is 11.3 Å². The molecule has 0 fully saturated rings. The Hall–Kier alpha value is -5.18. The van der Waals surface area contributed by atoms with E-state index in [1.165, 1.54) is 64.3 Å². The maximum absolute atomic E-state index is 2.44. The molecule has 0 saturated carbocycles. The minimum absolute atomic E-state index is 0.0148. The lowest BCUT2D eigenvalue weighted by Crippen LogP contribution is -2.14. The van der Waals surface area contributed by atoms with Crippen LogP contribution in [0.5, 0.6) is 0 Å². The summed E-state index contributed by atoms with van der Waals surface area (Å²) in [6, 6.07) is 55.9. The second-order valence-corrected chi connectivity index (χ2v) is 13.7. The zero-order valence-corrected chi connectivity index (χ0v) is 26.1. The van der Waals surface area contributed by atoms with Crippen molar-refractivity contribution in [2.24, 2.45) is 0 Å². The highest BCUT2D eigenvalue weighted by molar-refractivity contribution is 7.25. The van der Waals surface area contributed by atoms with Crippen LogP contribution < -0.4 is 4.90 Å². The lowest BCUT2D eigenvalue weighted by molar-refractivity contribution is 0.661. The number of para-hydroxylation sites is 1. The number of hydrogen-bond acceptors (Lipinski definition) is 2. The molecular formula is C43H31NS. The van der Waals surface area contributed by atoms with Gasteiger partial charge in [-0.25, -0.2) is 0 Å². The molecule has 8 aromatic rings. The van der Waals surface area contributed by atoms with Crippen molar-refractivity contribution in [2.45, 2.75) is 19.3 Å². The van der Waals surface area contributed by atoms with Crippen LogP contribution in [0.1, 0.15) is 25.0 Å². The van der Waals surface area contributed by atoms with E-state index in [9.17, 15) is 0 Å². The average molecular weight is 594 g/mol. The molecule has 7 aromatic carbocycles. The number of hydrogen-bond donors (Lipinski definition) is 0. The number of thiophene rings is 1. The van der Waals surface area contributed by atoms with Crippen molar-refractivity contribution in [2.75, 3.05) is 4.90 Å². The van der Waals surface area contributed by atoms with E-state index in [0.717, 1.165) is 17.1 Å². The Labute approximate surface area is 267 Å². The molecular weight excluding hydrogens is 563 g/mol. The van der Waals surface area contributed by atoms with Gasteiger partial charge in [0.15, 0.2) is 0 Å². The van der Waals surface area contributed by atoms with E-state index in [2.05, 4.69) is 170 Å². The zero-order chi connectivity index (χ0) is 30.1. The maximum Gasteiger partial charge on any atom is 0.0540 e. The molecule has 1 aromatic heterocycles. The van der Waals surface area contributed by atoms with Gasteiger partial charge in [-0.3, -0.25) is 0 Å². The highest BCUT2D eigenvalue weighted by atomic mass is 32.1. The fourth-order valence-corrected chi connectivity index (χ4v) is 8.52. The number of rotatable bonds is 4. The van der Waals surface area contributed by atoms with E-state index >= 15 is 0 Å². The molecule has 1 heterocycles. The van der Waals surface area contributed by atoms with Gasteiger partial charge in [-0.1, -0.05) is 117 Å². The van der Waals surface area contributed by atoms with Gasteiger partial charge >= 0.3 is 0 Å². The summed E-state index contributed by atoms with van der Waals surface area (Å²) in [7, 11) is 0. The van der Waals surface area contributed by atoms with Crippen molar-refractivity contribution < 1.29 is 0 Å². The van der Waals surface area contributed by atoms with Gasteiger partial charge in [0, 0.05) is 42.5 Å². The first-order chi connectivity index (χ1) is 22.1. The Kier molecular flexibility index (Phi) is 5.78. The summed E-state index contributed by atoms with van der Waals surface area (Å²) >= 11 is 1.87. The van der Waals surface area contributed by atoms with Crippen molar-refractivity contribution in [3.05, 3.63) is 163 Å². The Morgan fingerprint density at radius 2 is 1.16 bits per heavy atom. The lowest BCUT2D eigenvalue weighted by Gasteiger charge is -2.28. The van der Waals surface area contributed by atoms with E-state index in [0.29, 0.717) is 0 Å². The quantitative estimate of drug-likeness (QED) is 0.196. The van der Waals surface area contributed by atoms with Crippen molar-refractivity contribution in [1.82, 2.24) is 0 Å². The molecule has 1 aliphatic carbocycles. The van der Waals surface area contributed by atoms with Crippen LogP contribution in [0.2, 0.25) is 0 Å². The van der Waals surface area contributed by atoms with Gasteiger partial charge in [-0.05, 0) is 87.1 Å². The standard InChI is InChI=1S/C43H31NS/c1-43(2)38-17-9-6-15-34(38)37-25-30-24-31(21-20-29(30)26-39(37)43)44(40-18-10-7-14-33(40)28-12-4-3-5-13-28)32-22-23-36-35-16-8-11-19-41(35)45-42(36)27-32/h3-27H,1-2H3. The van der Waals surface area contributed by atoms with Crippen molar-refractivity contribution in [3.63, 3.8) is 0 Å². The van der Waals surface area contributed by atoms with E-state index in [1.54, 1.807) is 0 Å². The number of anilines is 3. The van der Waals surface area contributed by atoms with Crippen LogP contribution in [-0.4, -0.2) is 0 Å². The van der Waals surface area contributed by atoms with Crippen LogP contribution in [0, 0.1) is 0 Å². The largest absolute Gasteiger partial charge is 0.310 e. The first-order valence-electron chi connectivity index (χ1n) is 15.6. The van der Waals surface area contributed by atoms with E-state index in [1.807, 2.05) is 11.3 Å². The van der Waals surface area contributed by atoms with Gasteiger partial charge in [0.25, 0.3) is 0 Å². The van der Waals surface area contributed by atoms with Crippen LogP contribution in [0.15, 0.2) is 152 Å². The van der Waals surface area contributed by atoms with Gasteiger partial charge < -0.3 is 4.90 Å². The van der Waals surface area contributed by atoms with Gasteiger partial charge in [0.1, 0.15) is 0 Å². The molecule has 0 atom stereocenters. The maximum atomic E-state index is 2.44. The molecule has 1 aliphatic rings. The molecule has 1 nitrogen and oxygen atoms in total. The van der Waals surface area contributed by atoms with Gasteiger partial charge in [0.05, 0.1) is 5.69 Å². The Bertz CT molecular complexity index is 2410. The third kappa shape index (κ3) is 4.06. The smallest absolute Gasteiger partial charge is 0.0540 e. The Morgan fingerprint density at radius 3 is 2.04 bits per heavy atom. The van der Waals surface area contributed by atoms with Crippen LogP contribution in [0.25, 0.3) is 53.2 Å². The molecule has 2 heteroatoms. The summed E-state index contributed by atoms with van der Waals surface area (Å²) < 4.78 is 2.62. The minimum Gasteiger partial charge on any atom is -0.310 e. The van der Waals surface area contributed by atoms with Gasteiger partial charge in [-0.2, -0.15) is 0 Å². The molecule has 0 radical (unpaired) electrons. The molecule has 0 unspecified atom stereocenters. The molecule has 0 aliphatic heterocycles. The summed E-state index contributed by atoms with van der Waals surface area (Å²) in [6.45, 7) is 4.70. The summed E-state index contributed by atoms with van der Waals surface area (Å²) in [5.74, 6) is 0. The first kappa shape index (κ1) is 26.2. The summed E-state index contributed by atoms with van der Waals surface area (Å²) in [5.41, 5.74) is 11.4. The summed E-state index contributed by atoms with van der Waals surface area (Å²) in [6.07, 6.45) is 0. The fourth-order valence-electron chi connectivity index (χ4n) is 7.38. The van der Waals surface area contributed by atoms with Crippen LogP contribution in [0.4, 0.5) is 17.1 Å². The van der Waals surface area contributed by atoms with Gasteiger partial charge in [0.2, 0.25) is 0 Å². The highest BCUT2D eigenvalue weighted by Gasteiger charge is 2.35. The van der Waals surface area contributed by atoms with Crippen LogP contribution >= 0.6 is 11.3 Å². The minimum atomic E-state index is -0.0148. The average Bonchev–Trinajstić information content (AvgIpc) is 3.56. The second kappa shape index (κ2) is 9.92. The normalized spacial score (nSPS) is 13.3. The number of benzene rings is 7. The number of fused-ring (bicyclic) bond motifs is 7. The molecule has 214 valence electrons. The molecule has 0 amide bonds. The van der Waals surface area contributed by atoms with Crippen LogP contribution in [0.3, 0.4) is 0 Å².